The summed E-state index contributed by atoms with van der Waals surface area (Å²) in [6.45, 7) is 0. The monoisotopic (exact) mass is 534 g/mol. The van der Waals surface area contributed by atoms with E-state index in [2.05, 4.69) is 12.1 Å². The van der Waals surface area contributed by atoms with Gasteiger partial charge in [-0.1, -0.05) is 77.0 Å². The summed E-state index contributed by atoms with van der Waals surface area (Å²) < 4.78 is 7.41. The zero-order valence-electron chi connectivity index (χ0n) is 19.2. The van der Waals surface area contributed by atoms with Gasteiger partial charge in [-0.3, -0.25) is 9.36 Å². The maximum absolute atomic E-state index is 13.8. The molecule has 0 spiro atoms. The maximum Gasteiger partial charge on any atom is 0.271 e. The Morgan fingerprint density at radius 2 is 1.94 bits per heavy atom. The third-order valence-electron chi connectivity index (χ3n) is 6.67. The van der Waals surface area contributed by atoms with E-state index in [1.165, 1.54) is 24.0 Å². The minimum absolute atomic E-state index is 0.0173. The van der Waals surface area contributed by atoms with Crippen LogP contribution in [0.1, 0.15) is 34.7 Å². The molecule has 180 valence electrons. The average Bonchev–Trinajstić information content (AvgIpc) is 3.19. The average molecular weight is 535 g/mol. The number of halogens is 2. The van der Waals surface area contributed by atoms with E-state index in [-0.39, 0.29) is 11.3 Å². The largest absolute Gasteiger partial charge is 0.504 e. The van der Waals surface area contributed by atoms with Crippen LogP contribution in [0.5, 0.6) is 11.5 Å². The van der Waals surface area contributed by atoms with E-state index < -0.39 is 6.04 Å². The summed E-state index contributed by atoms with van der Waals surface area (Å²) in [4.78, 5) is 19.4. The number of rotatable bonds is 3. The van der Waals surface area contributed by atoms with E-state index in [1.807, 2.05) is 18.2 Å². The van der Waals surface area contributed by atoms with E-state index in [4.69, 9.17) is 32.9 Å². The van der Waals surface area contributed by atoms with Crippen LogP contribution in [0.4, 0.5) is 0 Å². The maximum atomic E-state index is 13.8. The van der Waals surface area contributed by atoms with E-state index in [0.717, 1.165) is 35.2 Å². The molecule has 0 saturated carbocycles. The van der Waals surface area contributed by atoms with Crippen LogP contribution in [-0.4, -0.2) is 16.8 Å². The van der Waals surface area contributed by atoms with Gasteiger partial charge in [-0.25, -0.2) is 4.99 Å². The summed E-state index contributed by atoms with van der Waals surface area (Å²) in [5.41, 5.74) is 5.38. The summed E-state index contributed by atoms with van der Waals surface area (Å²) >= 11 is 14.2. The first-order valence-corrected chi connectivity index (χ1v) is 13.0. The second kappa shape index (κ2) is 8.96. The summed E-state index contributed by atoms with van der Waals surface area (Å²) in [5, 5.41) is 11.6. The van der Waals surface area contributed by atoms with Crippen LogP contribution >= 0.6 is 34.5 Å². The zero-order valence-corrected chi connectivity index (χ0v) is 21.5. The molecule has 1 unspecified atom stereocenters. The molecule has 0 amide bonds. The molecule has 0 radical (unpaired) electrons. The first kappa shape index (κ1) is 23.1. The van der Waals surface area contributed by atoms with Gasteiger partial charge in [0.2, 0.25) is 0 Å². The van der Waals surface area contributed by atoms with E-state index in [9.17, 15) is 9.90 Å². The molecular weight excluding hydrogens is 515 g/mol. The molecule has 3 aromatic carbocycles. The lowest BCUT2D eigenvalue weighted by molar-refractivity contribution is 0.373. The number of para-hydroxylation sites is 1. The molecule has 5 nitrogen and oxygen atoms in total. The molecule has 0 saturated heterocycles. The van der Waals surface area contributed by atoms with Gasteiger partial charge in [-0.05, 0) is 53.8 Å². The van der Waals surface area contributed by atoms with Crippen LogP contribution in [0, 0.1) is 0 Å². The molecule has 0 bridgehead atoms. The van der Waals surface area contributed by atoms with Gasteiger partial charge >= 0.3 is 0 Å². The Morgan fingerprint density at radius 1 is 1.11 bits per heavy atom. The zero-order chi connectivity index (χ0) is 25.0. The molecule has 1 aliphatic carbocycles. The third-order valence-corrected chi connectivity index (χ3v) is 8.21. The van der Waals surface area contributed by atoms with Crippen molar-refractivity contribution in [3.63, 3.8) is 0 Å². The Bertz CT molecular complexity index is 1750. The summed E-state index contributed by atoms with van der Waals surface area (Å²) in [7, 11) is 1.49. The number of hydrogen-bond donors (Lipinski definition) is 1. The standard InChI is InChI=1S/C28H20Cl2N2O3S/c1-35-22-8-4-6-16(26(22)33)13-23-27(34)32-25(19-12-10-17(29)14-21(19)30)20-11-9-15-5-2-3-7-18(15)24(20)31-28(32)36-23/h2-8,10,12-14,25,33H,9,11H2,1H3. The van der Waals surface area contributed by atoms with E-state index in [0.29, 0.717) is 30.7 Å². The Hall–Kier alpha value is -3.32. The molecular formula is C28H20Cl2N2O3S. The second-order valence-electron chi connectivity index (χ2n) is 8.68. The van der Waals surface area contributed by atoms with Crippen LogP contribution in [0.2, 0.25) is 10.0 Å². The fourth-order valence-electron chi connectivity index (χ4n) is 4.98. The predicted molar refractivity (Wildman–Crippen MR) is 144 cm³/mol. The van der Waals surface area contributed by atoms with Crippen molar-refractivity contribution < 1.29 is 9.84 Å². The molecule has 1 N–H and O–H groups in total. The van der Waals surface area contributed by atoms with Crippen molar-refractivity contribution in [3.05, 3.63) is 118 Å². The number of aromatic hydroxyl groups is 1. The van der Waals surface area contributed by atoms with Crippen molar-refractivity contribution in [3.8, 4) is 11.5 Å². The van der Waals surface area contributed by atoms with Gasteiger partial charge in [0.1, 0.15) is 0 Å². The van der Waals surface area contributed by atoms with Crippen molar-refractivity contribution in [2.75, 3.05) is 7.11 Å². The first-order valence-electron chi connectivity index (χ1n) is 11.4. The molecule has 2 aliphatic rings. The van der Waals surface area contributed by atoms with Gasteiger partial charge in [0.05, 0.1) is 23.4 Å². The number of ether oxygens (including phenoxy) is 1. The highest BCUT2D eigenvalue weighted by molar-refractivity contribution is 7.07. The normalized spacial score (nSPS) is 16.8. The van der Waals surface area contributed by atoms with Crippen LogP contribution < -0.4 is 19.6 Å². The van der Waals surface area contributed by atoms with Crippen molar-refractivity contribution in [1.82, 2.24) is 4.57 Å². The van der Waals surface area contributed by atoms with Crippen molar-refractivity contribution in [1.29, 1.82) is 0 Å². The van der Waals surface area contributed by atoms with Crippen molar-refractivity contribution in [2.24, 2.45) is 4.99 Å². The van der Waals surface area contributed by atoms with E-state index in [1.54, 1.807) is 41.0 Å². The number of fused-ring (bicyclic) bond motifs is 3. The number of aromatic nitrogens is 1. The summed E-state index contributed by atoms with van der Waals surface area (Å²) in [6, 6.07) is 18.4. The fourth-order valence-corrected chi connectivity index (χ4v) is 6.49. The Labute approximate surface area is 220 Å². The second-order valence-corrected chi connectivity index (χ2v) is 10.5. The Balaban J connectivity index is 1.64. The Kier molecular flexibility index (Phi) is 5.75. The number of benzene rings is 3. The number of thiazole rings is 1. The van der Waals surface area contributed by atoms with Gasteiger partial charge in [0.25, 0.3) is 5.56 Å². The smallest absolute Gasteiger partial charge is 0.271 e. The van der Waals surface area contributed by atoms with E-state index >= 15 is 0 Å². The number of phenols is 1. The highest BCUT2D eigenvalue weighted by atomic mass is 35.5. The number of nitrogens with zero attached hydrogens (tertiary/aromatic N) is 2. The van der Waals surface area contributed by atoms with Gasteiger partial charge in [0.15, 0.2) is 16.3 Å². The van der Waals surface area contributed by atoms with Crippen LogP contribution in [-0.2, 0) is 6.42 Å². The fraction of sp³-hybridized carbons (Fsp3) is 0.143. The molecule has 1 atom stereocenters. The lowest BCUT2D eigenvalue weighted by atomic mass is 9.83. The summed E-state index contributed by atoms with van der Waals surface area (Å²) in [6.07, 6.45) is 3.30. The highest BCUT2D eigenvalue weighted by Crippen LogP contribution is 2.43. The molecule has 6 rings (SSSR count). The molecule has 36 heavy (non-hydrogen) atoms. The summed E-state index contributed by atoms with van der Waals surface area (Å²) in [5.74, 6) is 0.325. The SMILES string of the molecule is COc1cccc(C=c2sc3n(c2=O)C(c2ccc(Cl)cc2Cl)C2=C(N=3)c3ccccc3CC2)c1O. The molecule has 2 heterocycles. The number of methoxy groups -OCH3 is 1. The lowest BCUT2D eigenvalue weighted by Crippen LogP contribution is -2.38. The quantitative estimate of drug-likeness (QED) is 0.385. The highest BCUT2D eigenvalue weighted by Gasteiger charge is 2.33. The Morgan fingerprint density at radius 3 is 2.75 bits per heavy atom. The van der Waals surface area contributed by atoms with Crippen molar-refractivity contribution >= 4 is 46.3 Å². The van der Waals surface area contributed by atoms with Gasteiger partial charge in [0, 0.05) is 21.2 Å². The third kappa shape index (κ3) is 3.68. The van der Waals surface area contributed by atoms with Gasteiger partial charge in [-0.15, -0.1) is 0 Å². The number of hydrogen-bond acceptors (Lipinski definition) is 5. The van der Waals surface area contributed by atoms with Crippen LogP contribution in [0.3, 0.4) is 0 Å². The molecule has 8 heteroatoms. The van der Waals surface area contributed by atoms with Crippen molar-refractivity contribution in [2.45, 2.75) is 18.9 Å². The topological polar surface area (TPSA) is 63.8 Å². The van der Waals surface area contributed by atoms with Crippen LogP contribution in [0.15, 0.2) is 76.0 Å². The first-order chi connectivity index (χ1) is 17.5. The minimum atomic E-state index is -0.407. The van der Waals surface area contributed by atoms with Gasteiger partial charge < -0.3 is 9.84 Å². The molecule has 0 fully saturated rings. The molecule has 1 aromatic heterocycles. The molecule has 1 aliphatic heterocycles. The van der Waals surface area contributed by atoms with Crippen LogP contribution in [0.25, 0.3) is 11.8 Å². The van der Waals surface area contributed by atoms with Gasteiger partial charge in [-0.2, -0.15) is 0 Å². The number of allylic oxidation sites excluding steroid dienone is 1. The number of phenolic OH excluding ortho intramolecular Hbond substituents is 1. The molecule has 4 aromatic rings. The lowest BCUT2D eigenvalue weighted by Gasteiger charge is -2.31. The predicted octanol–water partition coefficient (Wildman–Crippen LogP) is 5.34. The number of aryl methyl sites for hydroxylation is 1. The minimum Gasteiger partial charge on any atom is -0.504 e.